The Morgan fingerprint density at radius 3 is 2.60 bits per heavy atom. The molecule has 2 heterocycles. The molecule has 0 atom stereocenters. The largest absolute Gasteiger partial charge is 0.495 e. The minimum absolute atomic E-state index is 0.0285. The van der Waals surface area contributed by atoms with Crippen LogP contribution in [0, 0.1) is 0 Å². The van der Waals surface area contributed by atoms with Crippen LogP contribution in [0.2, 0.25) is 0 Å². The molecular formula is C11H15N3O. The highest BCUT2D eigenvalue weighted by Gasteiger charge is 2.19. The van der Waals surface area contributed by atoms with Crippen LogP contribution in [-0.2, 0) is 5.41 Å². The van der Waals surface area contributed by atoms with Crippen molar-refractivity contribution in [3.05, 3.63) is 24.2 Å². The van der Waals surface area contributed by atoms with Crippen LogP contribution >= 0.6 is 0 Å². The van der Waals surface area contributed by atoms with Crippen LogP contribution in [0.15, 0.2) is 18.3 Å². The van der Waals surface area contributed by atoms with Crippen molar-refractivity contribution in [2.45, 2.75) is 26.2 Å². The third-order valence-corrected chi connectivity index (χ3v) is 2.21. The summed E-state index contributed by atoms with van der Waals surface area (Å²) < 4.78 is 6.88. The summed E-state index contributed by atoms with van der Waals surface area (Å²) in [5.41, 5.74) is 0.819. The van der Waals surface area contributed by atoms with Crippen LogP contribution in [-0.4, -0.2) is 21.7 Å². The molecule has 2 rings (SSSR count). The van der Waals surface area contributed by atoms with Gasteiger partial charge < -0.3 is 4.74 Å². The zero-order chi connectivity index (χ0) is 11.1. The lowest BCUT2D eigenvalue weighted by molar-refractivity contribution is 0.411. The minimum atomic E-state index is -0.0285. The minimum Gasteiger partial charge on any atom is -0.495 e. The molecule has 0 saturated heterocycles. The van der Waals surface area contributed by atoms with Crippen LogP contribution in [0.3, 0.4) is 0 Å². The first-order valence-electron chi connectivity index (χ1n) is 4.91. The van der Waals surface area contributed by atoms with Gasteiger partial charge in [-0.15, -0.1) is 0 Å². The molecule has 0 aliphatic carbocycles. The van der Waals surface area contributed by atoms with Crippen molar-refractivity contribution in [1.82, 2.24) is 14.6 Å². The molecule has 15 heavy (non-hydrogen) atoms. The van der Waals surface area contributed by atoms with E-state index in [1.165, 1.54) is 0 Å². The van der Waals surface area contributed by atoms with Crippen molar-refractivity contribution < 1.29 is 4.74 Å². The van der Waals surface area contributed by atoms with Crippen LogP contribution in [0.4, 0.5) is 0 Å². The molecule has 0 aliphatic heterocycles. The quantitative estimate of drug-likeness (QED) is 0.715. The first kappa shape index (κ1) is 9.96. The van der Waals surface area contributed by atoms with E-state index in [-0.39, 0.29) is 5.41 Å². The Labute approximate surface area is 88.9 Å². The van der Waals surface area contributed by atoms with E-state index in [2.05, 4.69) is 30.9 Å². The Morgan fingerprint density at radius 1 is 1.27 bits per heavy atom. The SMILES string of the molecule is COc1ccc2nc(C(C)(C)C)nn2c1. The van der Waals surface area contributed by atoms with E-state index >= 15 is 0 Å². The number of aromatic nitrogens is 3. The number of fused-ring (bicyclic) bond motifs is 1. The molecular weight excluding hydrogens is 190 g/mol. The van der Waals surface area contributed by atoms with Gasteiger partial charge in [-0.25, -0.2) is 9.50 Å². The fourth-order valence-electron chi connectivity index (χ4n) is 1.30. The molecule has 4 nitrogen and oxygen atoms in total. The lowest BCUT2D eigenvalue weighted by atomic mass is 9.96. The van der Waals surface area contributed by atoms with E-state index in [1.54, 1.807) is 11.6 Å². The highest BCUT2D eigenvalue weighted by atomic mass is 16.5. The van der Waals surface area contributed by atoms with Gasteiger partial charge in [0.25, 0.3) is 0 Å². The zero-order valence-electron chi connectivity index (χ0n) is 9.48. The summed E-state index contributed by atoms with van der Waals surface area (Å²) in [5, 5.41) is 4.42. The van der Waals surface area contributed by atoms with E-state index in [9.17, 15) is 0 Å². The maximum Gasteiger partial charge on any atom is 0.157 e. The number of ether oxygens (including phenoxy) is 1. The second kappa shape index (κ2) is 3.22. The Bertz CT molecular complexity index is 482. The molecule has 2 aromatic rings. The predicted octanol–water partition coefficient (Wildman–Crippen LogP) is 2.04. The van der Waals surface area contributed by atoms with Gasteiger partial charge in [-0.2, -0.15) is 5.10 Å². The van der Waals surface area contributed by atoms with Gasteiger partial charge >= 0.3 is 0 Å². The average Bonchev–Trinajstić information content (AvgIpc) is 2.59. The first-order valence-corrected chi connectivity index (χ1v) is 4.91. The van der Waals surface area contributed by atoms with Gasteiger partial charge in [0.1, 0.15) is 5.75 Å². The van der Waals surface area contributed by atoms with Crippen molar-refractivity contribution in [1.29, 1.82) is 0 Å². The molecule has 0 unspecified atom stereocenters. The lowest BCUT2D eigenvalue weighted by Gasteiger charge is -2.11. The number of rotatable bonds is 1. The zero-order valence-corrected chi connectivity index (χ0v) is 9.48. The molecule has 0 aliphatic rings. The fourth-order valence-corrected chi connectivity index (χ4v) is 1.30. The molecule has 80 valence electrons. The van der Waals surface area contributed by atoms with Crippen molar-refractivity contribution >= 4 is 5.65 Å². The number of hydrogen-bond acceptors (Lipinski definition) is 3. The molecule has 4 heteroatoms. The van der Waals surface area contributed by atoms with Gasteiger partial charge in [-0.3, -0.25) is 0 Å². The fraction of sp³-hybridized carbons (Fsp3) is 0.455. The normalized spacial score (nSPS) is 12.0. The van der Waals surface area contributed by atoms with Crippen molar-refractivity contribution in [2.24, 2.45) is 0 Å². The Kier molecular flexibility index (Phi) is 2.14. The molecule has 0 saturated carbocycles. The second-order valence-corrected chi connectivity index (χ2v) is 4.56. The Balaban J connectivity index is 2.56. The summed E-state index contributed by atoms with van der Waals surface area (Å²) in [6, 6.07) is 3.79. The summed E-state index contributed by atoms with van der Waals surface area (Å²) >= 11 is 0. The summed E-state index contributed by atoms with van der Waals surface area (Å²) in [7, 11) is 1.64. The second-order valence-electron chi connectivity index (χ2n) is 4.56. The molecule has 2 aromatic heterocycles. The third kappa shape index (κ3) is 1.79. The van der Waals surface area contributed by atoms with Gasteiger partial charge in [-0.1, -0.05) is 20.8 Å². The molecule has 0 fully saturated rings. The Hall–Kier alpha value is -1.58. The van der Waals surface area contributed by atoms with Crippen molar-refractivity contribution in [3.63, 3.8) is 0 Å². The lowest BCUT2D eigenvalue weighted by Crippen LogP contribution is -2.13. The van der Waals surface area contributed by atoms with Gasteiger partial charge in [-0.05, 0) is 12.1 Å². The molecule has 0 N–H and O–H groups in total. The van der Waals surface area contributed by atoms with Crippen LogP contribution in [0.25, 0.3) is 5.65 Å². The predicted molar refractivity (Wildman–Crippen MR) is 58.2 cm³/mol. The topological polar surface area (TPSA) is 39.4 Å². The van der Waals surface area contributed by atoms with E-state index in [4.69, 9.17) is 4.74 Å². The number of nitrogens with zero attached hydrogens (tertiary/aromatic N) is 3. The van der Waals surface area contributed by atoms with Gasteiger partial charge in [0.15, 0.2) is 11.5 Å². The summed E-state index contributed by atoms with van der Waals surface area (Å²) in [6.07, 6.45) is 1.83. The van der Waals surface area contributed by atoms with Gasteiger partial charge in [0.05, 0.1) is 13.3 Å². The van der Waals surface area contributed by atoms with E-state index in [0.29, 0.717) is 0 Å². The van der Waals surface area contributed by atoms with Gasteiger partial charge in [0.2, 0.25) is 0 Å². The van der Waals surface area contributed by atoms with E-state index in [1.807, 2.05) is 18.3 Å². The third-order valence-electron chi connectivity index (χ3n) is 2.21. The highest BCUT2D eigenvalue weighted by molar-refractivity contribution is 5.41. The van der Waals surface area contributed by atoms with Crippen molar-refractivity contribution in [2.75, 3.05) is 7.11 Å². The number of methoxy groups -OCH3 is 1. The molecule has 0 aromatic carbocycles. The smallest absolute Gasteiger partial charge is 0.157 e. The average molecular weight is 205 g/mol. The van der Waals surface area contributed by atoms with E-state index in [0.717, 1.165) is 17.2 Å². The highest BCUT2D eigenvalue weighted by Crippen LogP contribution is 2.20. The van der Waals surface area contributed by atoms with Crippen molar-refractivity contribution in [3.8, 4) is 5.75 Å². The number of pyridine rings is 1. The monoisotopic (exact) mass is 205 g/mol. The molecule has 0 spiro atoms. The standard InChI is InChI=1S/C11H15N3O/c1-11(2,3)10-12-9-6-5-8(15-4)7-14(9)13-10/h5-7H,1-4H3. The molecule has 0 bridgehead atoms. The summed E-state index contributed by atoms with van der Waals surface area (Å²) in [6.45, 7) is 6.29. The van der Waals surface area contributed by atoms with Crippen LogP contribution in [0.5, 0.6) is 5.75 Å². The summed E-state index contributed by atoms with van der Waals surface area (Å²) in [4.78, 5) is 4.46. The maximum atomic E-state index is 5.13. The Morgan fingerprint density at radius 2 is 2.00 bits per heavy atom. The maximum absolute atomic E-state index is 5.13. The molecule has 0 amide bonds. The number of hydrogen-bond donors (Lipinski definition) is 0. The summed E-state index contributed by atoms with van der Waals surface area (Å²) in [5.74, 6) is 1.63. The van der Waals surface area contributed by atoms with Gasteiger partial charge in [0, 0.05) is 5.41 Å². The van der Waals surface area contributed by atoms with Crippen LogP contribution < -0.4 is 4.74 Å². The van der Waals surface area contributed by atoms with Crippen LogP contribution in [0.1, 0.15) is 26.6 Å². The van der Waals surface area contributed by atoms with E-state index < -0.39 is 0 Å². The molecule has 0 radical (unpaired) electrons. The first-order chi connectivity index (χ1) is 7.00.